The van der Waals surface area contributed by atoms with E-state index in [1.807, 2.05) is 6.92 Å². The summed E-state index contributed by atoms with van der Waals surface area (Å²) in [6.45, 7) is 8.14. The van der Waals surface area contributed by atoms with Crippen molar-refractivity contribution in [3.63, 3.8) is 0 Å². The summed E-state index contributed by atoms with van der Waals surface area (Å²) in [7, 11) is 0. The molecule has 0 bridgehead atoms. The fourth-order valence-electron chi connectivity index (χ4n) is 2.23. The number of unbranched alkanes of at least 4 members (excludes halogenated alkanes) is 1. The maximum absolute atomic E-state index is 11.7. The molecule has 1 fully saturated rings. The second-order valence-corrected chi connectivity index (χ2v) is 5.50. The zero-order chi connectivity index (χ0) is 12.7. The Bertz CT molecular complexity index is 236. The van der Waals surface area contributed by atoms with Crippen LogP contribution >= 0.6 is 0 Å². The van der Waals surface area contributed by atoms with Gasteiger partial charge in [0.15, 0.2) is 0 Å². The van der Waals surface area contributed by atoms with Gasteiger partial charge in [0.2, 0.25) is 5.91 Å². The van der Waals surface area contributed by atoms with E-state index < -0.39 is 0 Å². The average Bonchev–Trinajstić information content (AvgIpc) is 3.07. The second-order valence-electron chi connectivity index (χ2n) is 5.50. The van der Waals surface area contributed by atoms with Gasteiger partial charge in [-0.2, -0.15) is 0 Å². The summed E-state index contributed by atoms with van der Waals surface area (Å²) < 4.78 is 0. The zero-order valence-electron chi connectivity index (χ0n) is 11.6. The standard InChI is InChI=1S/C14H28N2O/c1-4-6-10-15-13(17)12(3)16-11-14(7-5-2)8-9-14/h12,16H,4-11H2,1-3H3,(H,15,17). The van der Waals surface area contributed by atoms with Gasteiger partial charge in [0.1, 0.15) is 0 Å². The maximum Gasteiger partial charge on any atom is 0.236 e. The third kappa shape index (κ3) is 5.07. The minimum atomic E-state index is -0.0545. The Morgan fingerprint density at radius 2 is 2.00 bits per heavy atom. The SMILES string of the molecule is CCCCNC(=O)C(C)NCC1(CCC)CC1. The number of carbonyl (C=O) groups excluding carboxylic acids is 1. The smallest absolute Gasteiger partial charge is 0.236 e. The molecule has 0 aromatic carbocycles. The van der Waals surface area contributed by atoms with Crippen molar-refractivity contribution in [2.45, 2.75) is 65.3 Å². The second kappa shape index (κ2) is 7.00. The van der Waals surface area contributed by atoms with Crippen LogP contribution in [0.15, 0.2) is 0 Å². The van der Waals surface area contributed by atoms with Gasteiger partial charge >= 0.3 is 0 Å². The lowest BCUT2D eigenvalue weighted by Gasteiger charge is -2.19. The van der Waals surface area contributed by atoms with E-state index in [9.17, 15) is 4.79 Å². The van der Waals surface area contributed by atoms with E-state index in [0.29, 0.717) is 5.41 Å². The molecule has 0 aromatic rings. The summed E-state index contributed by atoms with van der Waals surface area (Å²) in [6.07, 6.45) is 7.40. The van der Waals surface area contributed by atoms with Crippen LogP contribution in [0.4, 0.5) is 0 Å². The van der Waals surface area contributed by atoms with Crippen molar-refractivity contribution in [2.75, 3.05) is 13.1 Å². The van der Waals surface area contributed by atoms with Crippen molar-refractivity contribution in [1.82, 2.24) is 10.6 Å². The molecule has 0 saturated heterocycles. The van der Waals surface area contributed by atoms with Crippen molar-refractivity contribution in [1.29, 1.82) is 0 Å². The van der Waals surface area contributed by atoms with Gasteiger partial charge in [-0.1, -0.05) is 26.7 Å². The van der Waals surface area contributed by atoms with E-state index in [4.69, 9.17) is 0 Å². The summed E-state index contributed by atoms with van der Waals surface area (Å²) in [4.78, 5) is 11.7. The minimum absolute atomic E-state index is 0.0545. The van der Waals surface area contributed by atoms with Crippen molar-refractivity contribution in [2.24, 2.45) is 5.41 Å². The molecule has 1 rings (SSSR count). The molecule has 0 spiro atoms. The fourth-order valence-corrected chi connectivity index (χ4v) is 2.23. The first kappa shape index (κ1) is 14.5. The number of nitrogens with one attached hydrogen (secondary N) is 2. The largest absolute Gasteiger partial charge is 0.355 e. The van der Waals surface area contributed by atoms with Crippen LogP contribution < -0.4 is 10.6 Å². The van der Waals surface area contributed by atoms with Crippen LogP contribution in [0, 0.1) is 5.41 Å². The summed E-state index contributed by atoms with van der Waals surface area (Å²) in [5.74, 6) is 0.144. The topological polar surface area (TPSA) is 41.1 Å². The molecule has 1 unspecified atom stereocenters. The lowest BCUT2D eigenvalue weighted by atomic mass is 10.0. The number of amides is 1. The Hall–Kier alpha value is -0.570. The molecule has 0 aromatic heterocycles. The Balaban J connectivity index is 2.15. The lowest BCUT2D eigenvalue weighted by molar-refractivity contribution is -0.122. The molecule has 1 atom stereocenters. The molecule has 0 heterocycles. The molecule has 1 aliphatic carbocycles. The van der Waals surface area contributed by atoms with Gasteiger partial charge < -0.3 is 10.6 Å². The molecule has 1 aliphatic rings. The lowest BCUT2D eigenvalue weighted by Crippen LogP contribution is -2.44. The first-order chi connectivity index (χ1) is 8.13. The number of hydrogen-bond donors (Lipinski definition) is 2. The van der Waals surface area contributed by atoms with Gasteiger partial charge in [-0.25, -0.2) is 0 Å². The van der Waals surface area contributed by atoms with Crippen LogP contribution in [-0.4, -0.2) is 25.0 Å². The van der Waals surface area contributed by atoms with Crippen molar-refractivity contribution in [3.8, 4) is 0 Å². The van der Waals surface area contributed by atoms with E-state index in [1.165, 1.54) is 25.7 Å². The predicted molar refractivity (Wildman–Crippen MR) is 72.0 cm³/mol. The minimum Gasteiger partial charge on any atom is -0.355 e. The third-order valence-electron chi connectivity index (χ3n) is 3.74. The highest BCUT2D eigenvalue weighted by Gasteiger charge is 2.41. The number of hydrogen-bond acceptors (Lipinski definition) is 2. The monoisotopic (exact) mass is 240 g/mol. The molecule has 17 heavy (non-hydrogen) atoms. The molecule has 3 heteroatoms. The Labute approximate surface area is 106 Å². The summed E-state index contributed by atoms with van der Waals surface area (Å²) in [6, 6.07) is -0.0545. The van der Waals surface area contributed by atoms with Crippen molar-refractivity contribution in [3.05, 3.63) is 0 Å². The molecule has 0 radical (unpaired) electrons. The van der Waals surface area contributed by atoms with Crippen LogP contribution in [-0.2, 0) is 4.79 Å². The van der Waals surface area contributed by atoms with Crippen LogP contribution in [0.1, 0.15) is 59.3 Å². The van der Waals surface area contributed by atoms with E-state index in [2.05, 4.69) is 24.5 Å². The quantitative estimate of drug-likeness (QED) is 0.608. The van der Waals surface area contributed by atoms with Gasteiger partial charge in [0.25, 0.3) is 0 Å². The maximum atomic E-state index is 11.7. The molecule has 1 saturated carbocycles. The number of carbonyl (C=O) groups is 1. The highest BCUT2D eigenvalue weighted by atomic mass is 16.2. The molecule has 2 N–H and O–H groups in total. The zero-order valence-corrected chi connectivity index (χ0v) is 11.6. The fraction of sp³-hybridized carbons (Fsp3) is 0.929. The first-order valence-electron chi connectivity index (χ1n) is 7.14. The first-order valence-corrected chi connectivity index (χ1v) is 7.14. The molecular weight excluding hydrogens is 212 g/mol. The van der Waals surface area contributed by atoms with Crippen molar-refractivity contribution < 1.29 is 4.79 Å². The third-order valence-corrected chi connectivity index (χ3v) is 3.74. The van der Waals surface area contributed by atoms with Crippen LogP contribution in [0.3, 0.4) is 0 Å². The van der Waals surface area contributed by atoms with Crippen molar-refractivity contribution >= 4 is 5.91 Å². The van der Waals surface area contributed by atoms with Gasteiger partial charge in [0, 0.05) is 13.1 Å². The Morgan fingerprint density at radius 1 is 1.29 bits per heavy atom. The Morgan fingerprint density at radius 3 is 2.53 bits per heavy atom. The molecule has 0 aliphatic heterocycles. The van der Waals surface area contributed by atoms with E-state index in [1.54, 1.807) is 0 Å². The van der Waals surface area contributed by atoms with Gasteiger partial charge in [0.05, 0.1) is 6.04 Å². The molecule has 3 nitrogen and oxygen atoms in total. The summed E-state index contributed by atoms with van der Waals surface area (Å²) in [5, 5.41) is 6.36. The van der Waals surface area contributed by atoms with Gasteiger partial charge in [-0.3, -0.25) is 4.79 Å². The summed E-state index contributed by atoms with van der Waals surface area (Å²) in [5.41, 5.74) is 0.521. The van der Waals surface area contributed by atoms with E-state index in [0.717, 1.165) is 25.9 Å². The number of rotatable bonds is 9. The molecular formula is C14H28N2O. The van der Waals surface area contributed by atoms with E-state index >= 15 is 0 Å². The normalized spacial score (nSPS) is 18.8. The predicted octanol–water partition coefficient (Wildman–Crippen LogP) is 2.46. The summed E-state index contributed by atoms with van der Waals surface area (Å²) >= 11 is 0. The Kier molecular flexibility index (Phi) is 5.96. The van der Waals surface area contributed by atoms with Crippen LogP contribution in [0.5, 0.6) is 0 Å². The van der Waals surface area contributed by atoms with E-state index in [-0.39, 0.29) is 11.9 Å². The van der Waals surface area contributed by atoms with Gasteiger partial charge in [-0.05, 0) is 38.0 Å². The average molecular weight is 240 g/mol. The van der Waals surface area contributed by atoms with Crippen LogP contribution in [0.2, 0.25) is 0 Å². The highest BCUT2D eigenvalue weighted by Crippen LogP contribution is 2.48. The molecule has 100 valence electrons. The molecule has 1 amide bonds. The van der Waals surface area contributed by atoms with Crippen LogP contribution in [0.25, 0.3) is 0 Å². The van der Waals surface area contributed by atoms with Gasteiger partial charge in [-0.15, -0.1) is 0 Å². The highest BCUT2D eigenvalue weighted by molar-refractivity contribution is 5.81.